The van der Waals surface area contributed by atoms with Gasteiger partial charge in [0.1, 0.15) is 0 Å². The van der Waals surface area contributed by atoms with E-state index in [1.807, 2.05) is 6.92 Å². The highest BCUT2D eigenvalue weighted by atomic mass is 16.3. The van der Waals surface area contributed by atoms with Gasteiger partial charge < -0.3 is 10.8 Å². The Labute approximate surface area is 56.1 Å². The van der Waals surface area contributed by atoms with Crippen molar-refractivity contribution in [2.45, 2.75) is 38.3 Å². The van der Waals surface area contributed by atoms with E-state index in [9.17, 15) is 5.11 Å². The predicted octanol–water partition coefficient (Wildman–Crippen LogP) is 0.495. The molecule has 0 spiro atoms. The third-order valence-electron chi connectivity index (χ3n) is 2.02. The van der Waals surface area contributed by atoms with Gasteiger partial charge >= 0.3 is 0 Å². The van der Waals surface area contributed by atoms with Crippen molar-refractivity contribution in [2.75, 3.05) is 0 Å². The van der Waals surface area contributed by atoms with Crippen molar-refractivity contribution in [3.8, 4) is 0 Å². The summed E-state index contributed by atoms with van der Waals surface area (Å²) in [7, 11) is 0. The predicted molar refractivity (Wildman–Crippen MR) is 37.0 cm³/mol. The van der Waals surface area contributed by atoms with Crippen molar-refractivity contribution in [3.63, 3.8) is 0 Å². The van der Waals surface area contributed by atoms with Crippen molar-refractivity contribution < 1.29 is 5.11 Å². The van der Waals surface area contributed by atoms with Crippen LogP contribution in [0.3, 0.4) is 0 Å². The monoisotopic (exact) mass is 129 g/mol. The second-order valence-electron chi connectivity index (χ2n) is 2.90. The molecule has 1 aliphatic rings. The number of aliphatic hydroxyl groups is 1. The second-order valence-corrected chi connectivity index (χ2v) is 2.90. The van der Waals surface area contributed by atoms with Gasteiger partial charge in [0.05, 0.1) is 6.10 Å². The molecule has 1 fully saturated rings. The molecule has 0 aromatic carbocycles. The standard InChI is InChI=1S/C7H15NO/c1-2-6(8)7(9)5-3-4-5/h5-7,9H,2-4,8H2,1H3. The average molecular weight is 129 g/mol. The molecule has 0 saturated heterocycles. The topological polar surface area (TPSA) is 46.2 Å². The van der Waals surface area contributed by atoms with Crippen LogP contribution in [0.25, 0.3) is 0 Å². The lowest BCUT2D eigenvalue weighted by atomic mass is 10.1. The summed E-state index contributed by atoms with van der Waals surface area (Å²) in [4.78, 5) is 0. The number of hydrogen-bond donors (Lipinski definition) is 2. The van der Waals surface area contributed by atoms with E-state index in [-0.39, 0.29) is 12.1 Å². The fourth-order valence-corrected chi connectivity index (χ4v) is 1.03. The zero-order valence-electron chi connectivity index (χ0n) is 5.88. The van der Waals surface area contributed by atoms with E-state index in [4.69, 9.17) is 5.73 Å². The molecule has 1 rings (SSSR count). The van der Waals surface area contributed by atoms with Crippen LogP contribution in [0, 0.1) is 5.92 Å². The second kappa shape index (κ2) is 2.67. The van der Waals surface area contributed by atoms with Gasteiger partial charge in [-0.15, -0.1) is 0 Å². The molecule has 2 heteroatoms. The molecule has 0 aromatic rings. The van der Waals surface area contributed by atoms with Gasteiger partial charge in [-0.3, -0.25) is 0 Å². The Hall–Kier alpha value is -0.0800. The van der Waals surface area contributed by atoms with Gasteiger partial charge in [0, 0.05) is 6.04 Å². The Balaban J connectivity index is 2.22. The molecular formula is C7H15NO. The minimum atomic E-state index is -0.227. The van der Waals surface area contributed by atoms with E-state index in [2.05, 4.69) is 0 Å². The summed E-state index contributed by atoms with van der Waals surface area (Å²) in [5.41, 5.74) is 5.61. The Morgan fingerprint density at radius 1 is 1.67 bits per heavy atom. The molecule has 2 nitrogen and oxygen atoms in total. The van der Waals surface area contributed by atoms with Crippen LogP contribution in [0.2, 0.25) is 0 Å². The normalized spacial score (nSPS) is 25.7. The smallest absolute Gasteiger partial charge is 0.0719 e. The van der Waals surface area contributed by atoms with E-state index in [1.54, 1.807) is 0 Å². The fraction of sp³-hybridized carbons (Fsp3) is 1.00. The molecule has 3 N–H and O–H groups in total. The highest BCUT2D eigenvalue weighted by molar-refractivity contribution is 4.86. The van der Waals surface area contributed by atoms with Crippen LogP contribution >= 0.6 is 0 Å². The van der Waals surface area contributed by atoms with Gasteiger partial charge in [0.25, 0.3) is 0 Å². The number of hydrogen-bond acceptors (Lipinski definition) is 2. The largest absolute Gasteiger partial charge is 0.391 e. The molecule has 0 aliphatic heterocycles. The van der Waals surface area contributed by atoms with Crippen molar-refractivity contribution in [1.82, 2.24) is 0 Å². The molecule has 0 bridgehead atoms. The summed E-state index contributed by atoms with van der Waals surface area (Å²) in [6.45, 7) is 2.01. The van der Waals surface area contributed by atoms with E-state index < -0.39 is 0 Å². The first kappa shape index (κ1) is 7.03. The average Bonchev–Trinajstić information content (AvgIpc) is 2.66. The van der Waals surface area contributed by atoms with Crippen LogP contribution in [0.1, 0.15) is 26.2 Å². The molecule has 9 heavy (non-hydrogen) atoms. The molecule has 0 amide bonds. The minimum absolute atomic E-state index is 0.0116. The summed E-state index contributed by atoms with van der Waals surface area (Å²) < 4.78 is 0. The number of nitrogens with two attached hydrogens (primary N) is 1. The molecule has 0 aromatic heterocycles. The molecule has 0 radical (unpaired) electrons. The van der Waals surface area contributed by atoms with Gasteiger partial charge in [0.15, 0.2) is 0 Å². The van der Waals surface area contributed by atoms with Gasteiger partial charge in [-0.05, 0) is 25.2 Å². The maximum Gasteiger partial charge on any atom is 0.0719 e. The Bertz CT molecular complexity index is 90.9. The van der Waals surface area contributed by atoms with Crippen LogP contribution in [-0.2, 0) is 0 Å². The first-order chi connectivity index (χ1) is 4.25. The van der Waals surface area contributed by atoms with Gasteiger partial charge in [-0.2, -0.15) is 0 Å². The highest BCUT2D eigenvalue weighted by Crippen LogP contribution is 2.33. The van der Waals surface area contributed by atoms with E-state index in [1.165, 1.54) is 12.8 Å². The maximum absolute atomic E-state index is 9.33. The maximum atomic E-state index is 9.33. The molecule has 2 atom stereocenters. The lowest BCUT2D eigenvalue weighted by Gasteiger charge is -2.15. The molecule has 2 unspecified atom stereocenters. The molecular weight excluding hydrogens is 114 g/mol. The number of aliphatic hydroxyl groups excluding tert-OH is 1. The zero-order valence-corrected chi connectivity index (χ0v) is 5.88. The van der Waals surface area contributed by atoms with Crippen LogP contribution in [0.15, 0.2) is 0 Å². The SMILES string of the molecule is CCC(N)C(O)C1CC1. The quantitative estimate of drug-likeness (QED) is 0.582. The molecule has 1 saturated carbocycles. The lowest BCUT2D eigenvalue weighted by molar-refractivity contribution is 0.120. The Morgan fingerprint density at radius 3 is 2.56 bits per heavy atom. The highest BCUT2D eigenvalue weighted by Gasteiger charge is 2.32. The van der Waals surface area contributed by atoms with Crippen molar-refractivity contribution >= 4 is 0 Å². The Kier molecular flexibility index (Phi) is 2.09. The van der Waals surface area contributed by atoms with Crippen LogP contribution in [0.4, 0.5) is 0 Å². The summed E-state index contributed by atoms with van der Waals surface area (Å²) in [6.07, 6.45) is 3.01. The van der Waals surface area contributed by atoms with Gasteiger partial charge in [-0.25, -0.2) is 0 Å². The summed E-state index contributed by atoms with van der Waals surface area (Å²) >= 11 is 0. The van der Waals surface area contributed by atoms with E-state index in [0.717, 1.165) is 6.42 Å². The zero-order chi connectivity index (χ0) is 6.85. The van der Waals surface area contributed by atoms with E-state index in [0.29, 0.717) is 5.92 Å². The molecule has 0 heterocycles. The summed E-state index contributed by atoms with van der Waals surface area (Å²) in [5, 5.41) is 9.33. The molecule has 1 aliphatic carbocycles. The third-order valence-corrected chi connectivity index (χ3v) is 2.02. The molecule has 54 valence electrons. The van der Waals surface area contributed by atoms with Crippen LogP contribution in [-0.4, -0.2) is 17.3 Å². The van der Waals surface area contributed by atoms with Crippen molar-refractivity contribution in [3.05, 3.63) is 0 Å². The van der Waals surface area contributed by atoms with Gasteiger partial charge in [0.2, 0.25) is 0 Å². The minimum Gasteiger partial charge on any atom is -0.391 e. The Morgan fingerprint density at radius 2 is 2.22 bits per heavy atom. The van der Waals surface area contributed by atoms with Crippen LogP contribution in [0.5, 0.6) is 0 Å². The number of rotatable bonds is 3. The fourth-order valence-electron chi connectivity index (χ4n) is 1.03. The first-order valence-corrected chi connectivity index (χ1v) is 3.69. The van der Waals surface area contributed by atoms with Gasteiger partial charge in [-0.1, -0.05) is 6.92 Å². The van der Waals surface area contributed by atoms with E-state index >= 15 is 0 Å². The third kappa shape index (κ3) is 1.66. The van der Waals surface area contributed by atoms with Crippen LogP contribution < -0.4 is 5.73 Å². The first-order valence-electron chi connectivity index (χ1n) is 3.69. The van der Waals surface area contributed by atoms with Crippen molar-refractivity contribution in [1.29, 1.82) is 0 Å². The lowest BCUT2D eigenvalue weighted by Crippen LogP contribution is -2.35. The summed E-state index contributed by atoms with van der Waals surface area (Å²) in [6, 6.07) is 0.0116. The van der Waals surface area contributed by atoms with Crippen molar-refractivity contribution in [2.24, 2.45) is 11.7 Å². The summed E-state index contributed by atoms with van der Waals surface area (Å²) in [5.74, 6) is 0.528.